The van der Waals surface area contributed by atoms with Crippen LogP contribution < -0.4 is 4.90 Å². The van der Waals surface area contributed by atoms with Crippen LogP contribution in [-0.2, 0) is 10.2 Å². The molecule has 25 heavy (non-hydrogen) atoms. The van der Waals surface area contributed by atoms with E-state index in [0.29, 0.717) is 29.9 Å². The van der Waals surface area contributed by atoms with E-state index in [1.165, 1.54) is 6.07 Å². The molecule has 0 N–H and O–H groups in total. The van der Waals surface area contributed by atoms with Crippen molar-refractivity contribution in [3.05, 3.63) is 72.2 Å². The van der Waals surface area contributed by atoms with Crippen LogP contribution in [0.15, 0.2) is 65.2 Å². The monoisotopic (exact) mass is 336 g/mol. The number of amides is 1. The summed E-state index contributed by atoms with van der Waals surface area (Å²) in [5, 5.41) is 4.08. The summed E-state index contributed by atoms with van der Waals surface area (Å²) in [6, 6.07) is 17.5. The zero-order valence-corrected chi connectivity index (χ0v) is 13.8. The lowest BCUT2D eigenvalue weighted by Gasteiger charge is -2.22. The van der Waals surface area contributed by atoms with E-state index in [1.54, 1.807) is 36.2 Å². The van der Waals surface area contributed by atoms with Gasteiger partial charge < -0.3 is 9.42 Å². The molecule has 2 aromatic carbocycles. The number of rotatable bonds is 4. The molecule has 0 atom stereocenters. The molecule has 3 aromatic rings. The molecule has 5 heteroatoms. The lowest BCUT2D eigenvalue weighted by molar-refractivity contribution is -0.120. The third-order valence-corrected chi connectivity index (χ3v) is 4.75. The van der Waals surface area contributed by atoms with Gasteiger partial charge >= 0.3 is 0 Å². The van der Waals surface area contributed by atoms with E-state index >= 15 is 0 Å². The van der Waals surface area contributed by atoms with Gasteiger partial charge in [0, 0.05) is 18.8 Å². The van der Waals surface area contributed by atoms with Gasteiger partial charge in [-0.2, -0.15) is 0 Å². The van der Waals surface area contributed by atoms with Crippen molar-refractivity contribution < 1.29 is 13.7 Å². The molecule has 0 radical (unpaired) electrons. The number of aromatic nitrogens is 1. The smallest absolute Gasteiger partial charge is 0.239 e. The minimum absolute atomic E-state index is 0.0212. The van der Waals surface area contributed by atoms with Crippen molar-refractivity contribution in [3.63, 3.8) is 0 Å². The van der Waals surface area contributed by atoms with Gasteiger partial charge in [0.05, 0.1) is 16.7 Å². The van der Waals surface area contributed by atoms with Crippen molar-refractivity contribution in [2.45, 2.75) is 18.3 Å². The van der Waals surface area contributed by atoms with E-state index in [0.717, 1.165) is 5.69 Å². The highest BCUT2D eigenvalue weighted by atomic mass is 19.1. The molecule has 126 valence electrons. The van der Waals surface area contributed by atoms with E-state index in [2.05, 4.69) is 5.16 Å². The number of anilines is 1. The Hall–Kier alpha value is -2.95. The first-order valence-corrected chi connectivity index (χ1v) is 8.17. The van der Waals surface area contributed by atoms with Crippen molar-refractivity contribution in [3.8, 4) is 11.3 Å². The van der Waals surface area contributed by atoms with Crippen LogP contribution in [0.1, 0.15) is 18.5 Å². The quantitative estimate of drug-likeness (QED) is 0.718. The van der Waals surface area contributed by atoms with Crippen LogP contribution in [0.25, 0.3) is 11.3 Å². The molecule has 1 saturated carbocycles. The fourth-order valence-corrected chi connectivity index (χ4v) is 3.08. The van der Waals surface area contributed by atoms with E-state index in [-0.39, 0.29) is 11.7 Å². The van der Waals surface area contributed by atoms with Gasteiger partial charge in [0.2, 0.25) is 5.91 Å². The zero-order valence-electron chi connectivity index (χ0n) is 13.8. The average Bonchev–Trinajstić information content (AvgIpc) is 3.32. The molecule has 1 aliphatic carbocycles. The maximum atomic E-state index is 13.9. The minimum atomic E-state index is -0.669. The van der Waals surface area contributed by atoms with Crippen LogP contribution in [-0.4, -0.2) is 18.1 Å². The van der Waals surface area contributed by atoms with Gasteiger partial charge in [0.25, 0.3) is 0 Å². The molecule has 0 spiro atoms. The molecule has 1 heterocycles. The van der Waals surface area contributed by atoms with Crippen molar-refractivity contribution in [1.82, 2.24) is 5.16 Å². The van der Waals surface area contributed by atoms with Crippen molar-refractivity contribution in [1.29, 1.82) is 0 Å². The summed E-state index contributed by atoms with van der Waals surface area (Å²) < 4.78 is 19.3. The summed E-state index contributed by atoms with van der Waals surface area (Å²) in [6.07, 6.45) is 1.43. The zero-order chi connectivity index (χ0) is 17.4. The number of halogens is 1. The second-order valence-electron chi connectivity index (χ2n) is 6.34. The molecular weight excluding hydrogens is 319 g/mol. The number of nitrogens with zero attached hydrogens (tertiary/aromatic N) is 2. The van der Waals surface area contributed by atoms with Gasteiger partial charge in [0.15, 0.2) is 5.76 Å². The van der Waals surface area contributed by atoms with Gasteiger partial charge in [-0.15, -0.1) is 0 Å². The Balaban J connectivity index is 1.64. The summed E-state index contributed by atoms with van der Waals surface area (Å²) in [4.78, 5) is 14.7. The fourth-order valence-electron chi connectivity index (χ4n) is 3.08. The SMILES string of the molecule is CN(C(=O)C1(c2cc(-c3ccccc3F)on2)CC1)c1ccccc1. The van der Waals surface area contributed by atoms with Crippen LogP contribution >= 0.6 is 0 Å². The van der Waals surface area contributed by atoms with E-state index in [1.807, 2.05) is 30.3 Å². The van der Waals surface area contributed by atoms with Crippen LogP contribution in [0.3, 0.4) is 0 Å². The number of carbonyl (C=O) groups is 1. The highest BCUT2D eigenvalue weighted by molar-refractivity contribution is 6.02. The fraction of sp³-hybridized carbons (Fsp3) is 0.200. The lowest BCUT2D eigenvalue weighted by Crippen LogP contribution is -2.36. The van der Waals surface area contributed by atoms with Gasteiger partial charge in [-0.25, -0.2) is 4.39 Å². The third kappa shape index (κ3) is 2.61. The maximum Gasteiger partial charge on any atom is 0.239 e. The normalized spacial score (nSPS) is 15.0. The highest BCUT2D eigenvalue weighted by Gasteiger charge is 2.55. The summed E-state index contributed by atoms with van der Waals surface area (Å²) in [5.41, 5.74) is 1.08. The molecule has 0 unspecified atom stereocenters. The average molecular weight is 336 g/mol. The summed E-state index contributed by atoms with van der Waals surface area (Å²) in [5.74, 6) is -0.0515. The maximum absolute atomic E-state index is 13.9. The number of hydrogen-bond donors (Lipinski definition) is 0. The summed E-state index contributed by atoms with van der Waals surface area (Å²) in [6.45, 7) is 0. The number of para-hydroxylation sites is 1. The van der Waals surface area contributed by atoms with Crippen molar-refractivity contribution in [2.24, 2.45) is 0 Å². The van der Waals surface area contributed by atoms with Gasteiger partial charge in [-0.05, 0) is 37.1 Å². The van der Waals surface area contributed by atoms with Gasteiger partial charge in [-0.3, -0.25) is 4.79 Å². The molecule has 1 aromatic heterocycles. The largest absolute Gasteiger partial charge is 0.356 e. The molecule has 1 aliphatic rings. The molecule has 0 bridgehead atoms. The standard InChI is InChI=1S/C20H17FN2O2/c1-23(14-7-3-2-4-8-14)19(24)20(11-12-20)18-13-17(25-22-18)15-9-5-6-10-16(15)21/h2-10,13H,11-12H2,1H3. The highest BCUT2D eigenvalue weighted by Crippen LogP contribution is 2.50. The first-order chi connectivity index (χ1) is 12.1. The summed E-state index contributed by atoms with van der Waals surface area (Å²) >= 11 is 0. The molecule has 0 aliphatic heterocycles. The Morgan fingerprint density at radius 3 is 2.48 bits per heavy atom. The first kappa shape index (κ1) is 15.6. The molecule has 1 fully saturated rings. The second kappa shape index (κ2) is 5.84. The van der Waals surface area contributed by atoms with Crippen LogP contribution in [0.2, 0.25) is 0 Å². The first-order valence-electron chi connectivity index (χ1n) is 8.17. The van der Waals surface area contributed by atoms with Crippen molar-refractivity contribution >= 4 is 11.6 Å². The predicted octanol–water partition coefficient (Wildman–Crippen LogP) is 4.18. The Morgan fingerprint density at radius 1 is 1.12 bits per heavy atom. The van der Waals surface area contributed by atoms with Crippen LogP contribution in [0, 0.1) is 5.82 Å². The number of carbonyl (C=O) groups excluding carboxylic acids is 1. The van der Waals surface area contributed by atoms with Crippen LogP contribution in [0.5, 0.6) is 0 Å². The number of benzene rings is 2. The Morgan fingerprint density at radius 2 is 1.80 bits per heavy atom. The third-order valence-electron chi connectivity index (χ3n) is 4.75. The Labute approximate surface area is 144 Å². The molecular formula is C20H17FN2O2. The van der Waals surface area contributed by atoms with E-state index < -0.39 is 5.41 Å². The number of likely N-dealkylation sites (N-methyl/N-ethyl adjacent to an activating group) is 1. The second-order valence-corrected chi connectivity index (χ2v) is 6.34. The molecule has 4 rings (SSSR count). The molecule has 1 amide bonds. The minimum Gasteiger partial charge on any atom is -0.356 e. The molecule has 0 saturated heterocycles. The van der Waals surface area contributed by atoms with E-state index in [9.17, 15) is 9.18 Å². The van der Waals surface area contributed by atoms with Gasteiger partial charge in [0.1, 0.15) is 5.82 Å². The Kier molecular flexibility index (Phi) is 3.64. The van der Waals surface area contributed by atoms with Crippen LogP contribution in [0.4, 0.5) is 10.1 Å². The number of hydrogen-bond acceptors (Lipinski definition) is 3. The topological polar surface area (TPSA) is 46.3 Å². The van der Waals surface area contributed by atoms with Crippen molar-refractivity contribution in [2.75, 3.05) is 11.9 Å². The van der Waals surface area contributed by atoms with E-state index in [4.69, 9.17) is 4.52 Å². The Bertz CT molecular complexity index is 916. The predicted molar refractivity (Wildman–Crippen MR) is 92.7 cm³/mol. The lowest BCUT2D eigenvalue weighted by atomic mass is 9.99. The summed E-state index contributed by atoms with van der Waals surface area (Å²) in [7, 11) is 1.76. The molecule has 4 nitrogen and oxygen atoms in total. The van der Waals surface area contributed by atoms with Gasteiger partial charge in [-0.1, -0.05) is 35.5 Å².